The summed E-state index contributed by atoms with van der Waals surface area (Å²) < 4.78 is 5.26. The molecule has 2 rings (SSSR count). The van der Waals surface area contributed by atoms with Gasteiger partial charge in [0.2, 0.25) is 5.91 Å². The van der Waals surface area contributed by atoms with Crippen molar-refractivity contribution < 1.29 is 19.4 Å². The highest BCUT2D eigenvalue weighted by molar-refractivity contribution is 5.95. The number of hydrogen-bond acceptors (Lipinski definition) is 4. The number of primary amides is 1. The quantitative estimate of drug-likeness (QED) is 0.836. The summed E-state index contributed by atoms with van der Waals surface area (Å²) in [4.78, 5) is 25.4. The number of rotatable bonds is 5. The summed E-state index contributed by atoms with van der Waals surface area (Å²) in [5.41, 5.74) is 6.08. The maximum absolute atomic E-state index is 12.6. The zero-order chi connectivity index (χ0) is 17.0. The summed E-state index contributed by atoms with van der Waals surface area (Å²) in [6.07, 6.45) is 0.565. The Hall–Kier alpha value is -1.92. The lowest BCUT2D eigenvalue weighted by Crippen LogP contribution is -2.50. The molecule has 0 aliphatic carbocycles. The molecule has 126 valence electrons. The standard InChI is InChI=1S/C17H24N2O4/c1-17(2,22)7-6-12-4-3-5-13(10-12)16(21)19-8-9-23-14(11-19)15(18)20/h3-5,10,14,22H,6-9,11H2,1-2H3,(H2,18,20)/t14-/m1/s1. The van der Waals surface area contributed by atoms with E-state index in [-0.39, 0.29) is 12.5 Å². The van der Waals surface area contributed by atoms with E-state index in [1.54, 1.807) is 24.8 Å². The van der Waals surface area contributed by atoms with Crippen LogP contribution in [-0.4, -0.2) is 53.2 Å². The van der Waals surface area contributed by atoms with Crippen molar-refractivity contribution in [2.75, 3.05) is 19.7 Å². The minimum Gasteiger partial charge on any atom is -0.390 e. The molecule has 6 heteroatoms. The van der Waals surface area contributed by atoms with Crippen LogP contribution in [0.1, 0.15) is 36.2 Å². The summed E-state index contributed by atoms with van der Waals surface area (Å²) in [6.45, 7) is 4.45. The molecule has 1 aliphatic rings. The Bertz CT molecular complexity index is 580. The van der Waals surface area contributed by atoms with Crippen LogP contribution in [0.3, 0.4) is 0 Å². The molecule has 1 saturated heterocycles. The van der Waals surface area contributed by atoms with Gasteiger partial charge in [0.05, 0.1) is 18.8 Å². The Kier molecular flexibility index (Phi) is 5.38. The van der Waals surface area contributed by atoms with Gasteiger partial charge in [0.15, 0.2) is 6.10 Å². The van der Waals surface area contributed by atoms with Gasteiger partial charge >= 0.3 is 0 Å². The Labute approximate surface area is 136 Å². The largest absolute Gasteiger partial charge is 0.390 e. The van der Waals surface area contributed by atoms with Crippen molar-refractivity contribution >= 4 is 11.8 Å². The molecule has 0 aromatic heterocycles. The molecule has 1 aliphatic heterocycles. The smallest absolute Gasteiger partial charge is 0.254 e. The molecule has 2 amide bonds. The van der Waals surface area contributed by atoms with E-state index in [4.69, 9.17) is 10.5 Å². The summed E-state index contributed by atoms with van der Waals surface area (Å²) in [5.74, 6) is -0.689. The van der Waals surface area contributed by atoms with Crippen LogP contribution < -0.4 is 5.73 Å². The Morgan fingerprint density at radius 2 is 2.17 bits per heavy atom. The van der Waals surface area contributed by atoms with Gasteiger partial charge in [0, 0.05) is 12.1 Å². The number of ether oxygens (including phenoxy) is 1. The van der Waals surface area contributed by atoms with Gasteiger partial charge in [-0.3, -0.25) is 9.59 Å². The topological polar surface area (TPSA) is 92.9 Å². The molecule has 1 fully saturated rings. The van der Waals surface area contributed by atoms with Crippen LogP contribution in [0, 0.1) is 0 Å². The molecule has 1 aromatic rings. The Balaban J connectivity index is 2.06. The third-order valence-electron chi connectivity index (χ3n) is 3.87. The van der Waals surface area contributed by atoms with Crippen LogP contribution in [0.15, 0.2) is 24.3 Å². The number of benzene rings is 1. The van der Waals surface area contributed by atoms with E-state index < -0.39 is 17.6 Å². The fourth-order valence-corrected chi connectivity index (χ4v) is 2.50. The first-order chi connectivity index (χ1) is 10.8. The van der Waals surface area contributed by atoms with Crippen LogP contribution in [0.5, 0.6) is 0 Å². The van der Waals surface area contributed by atoms with Gasteiger partial charge in [-0.2, -0.15) is 0 Å². The average molecular weight is 320 g/mol. The monoisotopic (exact) mass is 320 g/mol. The number of aliphatic hydroxyl groups is 1. The lowest BCUT2D eigenvalue weighted by molar-refractivity contribution is -0.133. The molecular weight excluding hydrogens is 296 g/mol. The summed E-state index contributed by atoms with van der Waals surface area (Å²) in [7, 11) is 0. The van der Waals surface area contributed by atoms with Crippen molar-refractivity contribution in [1.82, 2.24) is 4.90 Å². The molecule has 6 nitrogen and oxygen atoms in total. The average Bonchev–Trinajstić information content (AvgIpc) is 2.52. The Morgan fingerprint density at radius 3 is 2.83 bits per heavy atom. The van der Waals surface area contributed by atoms with Gasteiger partial charge < -0.3 is 20.5 Å². The van der Waals surface area contributed by atoms with Crippen LogP contribution in [0.25, 0.3) is 0 Å². The highest BCUT2D eigenvalue weighted by atomic mass is 16.5. The number of morpholine rings is 1. The van der Waals surface area contributed by atoms with E-state index in [0.29, 0.717) is 31.6 Å². The van der Waals surface area contributed by atoms with Crippen LogP contribution in [0.4, 0.5) is 0 Å². The molecule has 0 unspecified atom stereocenters. The molecular formula is C17H24N2O4. The molecule has 23 heavy (non-hydrogen) atoms. The van der Waals surface area contributed by atoms with Crippen LogP contribution in [0.2, 0.25) is 0 Å². The summed E-state index contributed by atoms with van der Waals surface area (Å²) >= 11 is 0. The van der Waals surface area contributed by atoms with E-state index in [9.17, 15) is 14.7 Å². The maximum Gasteiger partial charge on any atom is 0.254 e. The normalized spacial score (nSPS) is 18.7. The summed E-state index contributed by atoms with van der Waals surface area (Å²) in [5, 5.41) is 9.81. The molecule has 0 radical (unpaired) electrons. The number of amides is 2. The highest BCUT2D eigenvalue weighted by Crippen LogP contribution is 2.16. The number of nitrogens with zero attached hydrogens (tertiary/aromatic N) is 1. The summed E-state index contributed by atoms with van der Waals surface area (Å²) in [6, 6.07) is 7.36. The second-order valence-electron chi connectivity index (χ2n) is 6.53. The van der Waals surface area contributed by atoms with Gasteiger partial charge in [-0.25, -0.2) is 0 Å². The number of nitrogens with two attached hydrogens (primary N) is 1. The molecule has 3 N–H and O–H groups in total. The molecule has 0 spiro atoms. The van der Waals surface area contributed by atoms with E-state index in [0.717, 1.165) is 5.56 Å². The zero-order valence-corrected chi connectivity index (χ0v) is 13.6. The predicted molar refractivity (Wildman–Crippen MR) is 85.9 cm³/mol. The molecule has 0 bridgehead atoms. The fraction of sp³-hybridized carbons (Fsp3) is 0.529. The Morgan fingerprint density at radius 1 is 1.43 bits per heavy atom. The van der Waals surface area contributed by atoms with Crippen molar-refractivity contribution in [3.05, 3.63) is 35.4 Å². The minimum absolute atomic E-state index is 0.135. The lowest BCUT2D eigenvalue weighted by atomic mass is 9.97. The van der Waals surface area contributed by atoms with Crippen molar-refractivity contribution in [2.45, 2.75) is 38.4 Å². The first kappa shape index (κ1) is 17.4. The number of carbonyl (C=O) groups is 2. The molecule has 1 aromatic carbocycles. The second-order valence-corrected chi connectivity index (χ2v) is 6.53. The predicted octanol–water partition coefficient (Wildman–Crippen LogP) is 0.716. The van der Waals surface area contributed by atoms with Gasteiger partial charge in [-0.15, -0.1) is 0 Å². The van der Waals surface area contributed by atoms with Gasteiger partial charge in [-0.1, -0.05) is 12.1 Å². The molecule has 0 saturated carbocycles. The van der Waals surface area contributed by atoms with Crippen LogP contribution in [-0.2, 0) is 16.0 Å². The second kappa shape index (κ2) is 7.10. The number of carbonyl (C=O) groups excluding carboxylic acids is 2. The van der Waals surface area contributed by atoms with Crippen molar-refractivity contribution in [1.29, 1.82) is 0 Å². The van der Waals surface area contributed by atoms with E-state index in [1.807, 2.05) is 18.2 Å². The van der Waals surface area contributed by atoms with Crippen molar-refractivity contribution in [2.24, 2.45) is 5.73 Å². The third kappa shape index (κ3) is 5.04. The molecule has 1 atom stereocenters. The zero-order valence-electron chi connectivity index (χ0n) is 13.6. The lowest BCUT2D eigenvalue weighted by Gasteiger charge is -2.31. The maximum atomic E-state index is 12.6. The van der Waals surface area contributed by atoms with Crippen molar-refractivity contribution in [3.63, 3.8) is 0 Å². The van der Waals surface area contributed by atoms with Crippen molar-refractivity contribution in [3.8, 4) is 0 Å². The minimum atomic E-state index is -0.744. The number of aryl methyl sites for hydroxylation is 1. The third-order valence-corrected chi connectivity index (χ3v) is 3.87. The number of hydrogen-bond donors (Lipinski definition) is 2. The first-order valence-electron chi connectivity index (χ1n) is 7.78. The van der Waals surface area contributed by atoms with E-state index in [2.05, 4.69) is 0 Å². The first-order valence-corrected chi connectivity index (χ1v) is 7.78. The van der Waals surface area contributed by atoms with E-state index in [1.165, 1.54) is 0 Å². The van der Waals surface area contributed by atoms with Gasteiger partial charge in [0.1, 0.15) is 0 Å². The SMILES string of the molecule is CC(C)(O)CCc1cccc(C(=O)N2CCO[C@@H](C(N)=O)C2)c1. The van der Waals surface area contributed by atoms with Gasteiger partial charge in [0.25, 0.3) is 5.91 Å². The highest BCUT2D eigenvalue weighted by Gasteiger charge is 2.28. The van der Waals surface area contributed by atoms with E-state index >= 15 is 0 Å². The van der Waals surface area contributed by atoms with Gasteiger partial charge in [-0.05, 0) is 44.4 Å². The molecule has 1 heterocycles. The van der Waals surface area contributed by atoms with Crippen LogP contribution >= 0.6 is 0 Å². The fourth-order valence-electron chi connectivity index (χ4n) is 2.50.